The van der Waals surface area contributed by atoms with E-state index in [9.17, 15) is 4.79 Å². The maximum absolute atomic E-state index is 12.1. The van der Waals surface area contributed by atoms with Crippen molar-refractivity contribution in [1.82, 2.24) is 4.98 Å². The summed E-state index contributed by atoms with van der Waals surface area (Å²) in [6.07, 6.45) is 11.9. The molecule has 0 aliphatic carbocycles. The number of ether oxygens (including phenoxy) is 1. The van der Waals surface area contributed by atoms with Gasteiger partial charge in [0, 0.05) is 17.4 Å². The Morgan fingerprint density at radius 3 is 2.26 bits per heavy atom. The van der Waals surface area contributed by atoms with Gasteiger partial charge < -0.3 is 10.1 Å². The largest absolute Gasteiger partial charge is 0.497 e. The Labute approximate surface area is 167 Å². The van der Waals surface area contributed by atoms with Gasteiger partial charge in [-0.3, -0.25) is 4.79 Å². The summed E-state index contributed by atoms with van der Waals surface area (Å²) in [6.45, 7) is 2.25. The fourth-order valence-corrected chi connectivity index (χ4v) is 3.74. The molecule has 2 aromatic rings. The predicted molar refractivity (Wildman–Crippen MR) is 115 cm³/mol. The first kappa shape index (κ1) is 21.4. The zero-order chi connectivity index (χ0) is 19.3. The Balaban J connectivity index is 1.62. The smallest absolute Gasteiger partial charge is 0.226 e. The zero-order valence-corrected chi connectivity index (χ0v) is 17.4. The van der Waals surface area contributed by atoms with Gasteiger partial charge in [-0.05, 0) is 30.7 Å². The predicted octanol–water partition coefficient (Wildman–Crippen LogP) is 6.68. The lowest BCUT2D eigenvalue weighted by Crippen LogP contribution is -2.10. The number of hydrogen-bond donors (Lipinski definition) is 1. The topological polar surface area (TPSA) is 51.2 Å². The van der Waals surface area contributed by atoms with Gasteiger partial charge in [-0.25, -0.2) is 4.98 Å². The Hall–Kier alpha value is -1.88. The number of hydrogen-bond acceptors (Lipinski definition) is 4. The van der Waals surface area contributed by atoms with E-state index in [2.05, 4.69) is 17.2 Å². The molecule has 1 heterocycles. The molecule has 148 valence electrons. The lowest BCUT2D eigenvalue weighted by atomic mass is 10.1. The fraction of sp³-hybridized carbons (Fsp3) is 0.545. The van der Waals surface area contributed by atoms with E-state index in [0.29, 0.717) is 11.6 Å². The minimum atomic E-state index is 0.0635. The van der Waals surface area contributed by atoms with E-state index >= 15 is 0 Å². The maximum Gasteiger partial charge on any atom is 0.226 e. The van der Waals surface area contributed by atoms with Crippen molar-refractivity contribution in [3.8, 4) is 17.0 Å². The molecule has 0 radical (unpaired) electrons. The van der Waals surface area contributed by atoms with Gasteiger partial charge in [0.2, 0.25) is 5.91 Å². The minimum absolute atomic E-state index is 0.0635. The second kappa shape index (κ2) is 12.5. The second-order valence-electron chi connectivity index (χ2n) is 6.89. The molecule has 0 fully saturated rings. The second-order valence-corrected chi connectivity index (χ2v) is 7.75. The molecule has 4 nitrogen and oxygen atoms in total. The first-order chi connectivity index (χ1) is 13.2. The summed E-state index contributed by atoms with van der Waals surface area (Å²) in [5.41, 5.74) is 1.90. The summed E-state index contributed by atoms with van der Waals surface area (Å²) in [5, 5.41) is 5.56. The minimum Gasteiger partial charge on any atom is -0.497 e. The Morgan fingerprint density at radius 2 is 1.63 bits per heavy atom. The van der Waals surface area contributed by atoms with Crippen LogP contribution in [0, 0.1) is 0 Å². The van der Waals surface area contributed by atoms with Gasteiger partial charge in [-0.2, -0.15) is 0 Å². The normalized spacial score (nSPS) is 10.7. The van der Waals surface area contributed by atoms with E-state index in [4.69, 9.17) is 4.74 Å². The van der Waals surface area contributed by atoms with Crippen LogP contribution in [0.2, 0.25) is 0 Å². The van der Waals surface area contributed by atoms with E-state index in [1.165, 1.54) is 56.3 Å². The first-order valence-electron chi connectivity index (χ1n) is 10.1. The number of rotatable bonds is 13. The number of anilines is 1. The molecule has 0 bridgehead atoms. The van der Waals surface area contributed by atoms with Gasteiger partial charge in [0.05, 0.1) is 12.8 Å². The van der Waals surface area contributed by atoms with Crippen LogP contribution in [-0.2, 0) is 4.79 Å². The third kappa shape index (κ3) is 8.12. The van der Waals surface area contributed by atoms with E-state index in [1.54, 1.807) is 7.11 Å². The summed E-state index contributed by atoms with van der Waals surface area (Å²) >= 11 is 1.47. The molecule has 0 aliphatic rings. The summed E-state index contributed by atoms with van der Waals surface area (Å²) < 4.78 is 5.17. The highest BCUT2D eigenvalue weighted by atomic mass is 32.1. The van der Waals surface area contributed by atoms with E-state index < -0.39 is 0 Å². The molecule has 1 amide bonds. The number of methoxy groups -OCH3 is 1. The molecule has 0 saturated carbocycles. The van der Waals surface area contributed by atoms with Gasteiger partial charge in [0.15, 0.2) is 5.13 Å². The molecule has 5 heteroatoms. The standard InChI is InChI=1S/C22H32N2O2S/c1-3-4-5-6-7-8-9-10-11-12-21(25)24-22-23-20(17-27-22)18-13-15-19(26-2)16-14-18/h13-17H,3-12H2,1-2H3,(H,23,24,25). The first-order valence-corrected chi connectivity index (χ1v) is 11.0. The van der Waals surface area contributed by atoms with Crippen LogP contribution in [0.25, 0.3) is 11.3 Å². The number of unbranched alkanes of at least 4 members (excludes halogenated alkanes) is 8. The zero-order valence-electron chi connectivity index (χ0n) is 16.6. The molecule has 2 rings (SSSR count). The van der Waals surface area contributed by atoms with Crippen molar-refractivity contribution < 1.29 is 9.53 Å². The lowest BCUT2D eigenvalue weighted by molar-refractivity contribution is -0.116. The molecular formula is C22H32N2O2S. The third-order valence-corrected chi connectivity index (χ3v) is 5.40. The van der Waals surface area contributed by atoms with Crippen molar-refractivity contribution in [3.05, 3.63) is 29.6 Å². The Morgan fingerprint density at radius 1 is 1.00 bits per heavy atom. The quantitative estimate of drug-likeness (QED) is 0.389. The molecule has 0 unspecified atom stereocenters. The van der Waals surface area contributed by atoms with Crippen LogP contribution < -0.4 is 10.1 Å². The van der Waals surface area contributed by atoms with Crippen molar-refractivity contribution in [2.75, 3.05) is 12.4 Å². The maximum atomic E-state index is 12.1. The molecule has 0 aliphatic heterocycles. The highest BCUT2D eigenvalue weighted by Gasteiger charge is 2.08. The Bertz CT molecular complexity index is 667. The number of thiazole rings is 1. The van der Waals surface area contributed by atoms with Crippen LogP contribution in [0.4, 0.5) is 5.13 Å². The van der Waals surface area contributed by atoms with Gasteiger partial charge in [0.25, 0.3) is 0 Å². The van der Waals surface area contributed by atoms with Gasteiger partial charge >= 0.3 is 0 Å². The van der Waals surface area contributed by atoms with Crippen molar-refractivity contribution >= 4 is 22.4 Å². The summed E-state index contributed by atoms with van der Waals surface area (Å²) in [6, 6.07) is 7.77. The van der Waals surface area contributed by atoms with Crippen LogP contribution in [0.15, 0.2) is 29.6 Å². The number of benzene rings is 1. The number of carbonyl (C=O) groups excluding carboxylic acids is 1. The molecule has 1 aromatic carbocycles. The SMILES string of the molecule is CCCCCCCCCCCC(=O)Nc1nc(-c2ccc(OC)cc2)cs1. The molecule has 1 N–H and O–H groups in total. The molecule has 0 spiro atoms. The van der Waals surface area contributed by atoms with Crippen molar-refractivity contribution in [2.24, 2.45) is 0 Å². The number of amides is 1. The summed E-state index contributed by atoms with van der Waals surface area (Å²) in [4.78, 5) is 16.6. The summed E-state index contributed by atoms with van der Waals surface area (Å²) in [5.74, 6) is 0.886. The molecule has 0 saturated heterocycles. The molecule has 27 heavy (non-hydrogen) atoms. The molecule has 1 aromatic heterocycles. The van der Waals surface area contributed by atoms with E-state index in [-0.39, 0.29) is 5.91 Å². The van der Waals surface area contributed by atoms with Crippen molar-refractivity contribution in [1.29, 1.82) is 0 Å². The monoisotopic (exact) mass is 388 g/mol. The number of nitrogens with one attached hydrogen (secondary N) is 1. The lowest BCUT2D eigenvalue weighted by Gasteiger charge is -2.03. The van der Waals surface area contributed by atoms with Crippen molar-refractivity contribution in [3.63, 3.8) is 0 Å². The average Bonchev–Trinajstić information content (AvgIpc) is 3.15. The Kier molecular flexibility index (Phi) is 9.91. The van der Waals surface area contributed by atoms with Crippen LogP contribution in [-0.4, -0.2) is 18.0 Å². The van der Waals surface area contributed by atoms with Gasteiger partial charge in [0.1, 0.15) is 5.75 Å². The number of carbonyl (C=O) groups is 1. The van der Waals surface area contributed by atoms with E-state index in [0.717, 1.165) is 29.8 Å². The molecule has 0 atom stereocenters. The van der Waals surface area contributed by atoms with Gasteiger partial charge in [-0.15, -0.1) is 11.3 Å². The van der Waals surface area contributed by atoms with E-state index in [1.807, 2.05) is 29.6 Å². The number of aromatic nitrogens is 1. The van der Waals surface area contributed by atoms with Crippen LogP contribution in [0.5, 0.6) is 5.75 Å². The van der Waals surface area contributed by atoms with Crippen LogP contribution in [0.1, 0.15) is 71.1 Å². The third-order valence-electron chi connectivity index (χ3n) is 4.64. The van der Waals surface area contributed by atoms with Crippen LogP contribution >= 0.6 is 11.3 Å². The fourth-order valence-electron chi connectivity index (χ4n) is 3.00. The average molecular weight is 389 g/mol. The van der Waals surface area contributed by atoms with Gasteiger partial charge in [-0.1, -0.05) is 58.3 Å². The van der Waals surface area contributed by atoms with Crippen molar-refractivity contribution in [2.45, 2.75) is 71.1 Å². The molecular weight excluding hydrogens is 356 g/mol. The van der Waals surface area contributed by atoms with Crippen LogP contribution in [0.3, 0.4) is 0 Å². The highest BCUT2D eigenvalue weighted by molar-refractivity contribution is 7.14. The number of nitrogens with zero attached hydrogens (tertiary/aromatic N) is 1. The summed E-state index contributed by atoms with van der Waals surface area (Å²) in [7, 11) is 1.65. The highest BCUT2D eigenvalue weighted by Crippen LogP contribution is 2.26.